The first-order valence-electron chi connectivity index (χ1n) is 9.01. The molecule has 0 spiro atoms. The predicted octanol–water partition coefficient (Wildman–Crippen LogP) is 6.03. The van der Waals surface area contributed by atoms with E-state index < -0.39 is 0 Å². The normalized spacial score (nSPS) is 19.3. The Kier molecular flexibility index (Phi) is 5.32. The van der Waals surface area contributed by atoms with Crippen LogP contribution in [0.4, 0.5) is 0 Å². The number of hydrogen-bond donors (Lipinski definition) is 1. The van der Waals surface area contributed by atoms with Gasteiger partial charge in [-0.25, -0.2) is 0 Å². The number of halogens is 2. The number of benzene rings is 1. The Morgan fingerprint density at radius 3 is 2.64 bits per heavy atom. The fourth-order valence-electron chi connectivity index (χ4n) is 3.58. The molecule has 2 atom stereocenters. The van der Waals surface area contributed by atoms with E-state index in [-0.39, 0.29) is 18.1 Å². The minimum atomic E-state index is -0.117. The summed E-state index contributed by atoms with van der Waals surface area (Å²) in [5.41, 5.74) is 1.68. The number of pyridine rings is 1. The van der Waals surface area contributed by atoms with Gasteiger partial charge in [0.1, 0.15) is 17.6 Å². The van der Waals surface area contributed by atoms with E-state index in [4.69, 9.17) is 39.8 Å². The molecule has 1 fully saturated rings. The van der Waals surface area contributed by atoms with E-state index in [9.17, 15) is 0 Å². The third-order valence-electron chi connectivity index (χ3n) is 4.83. The second-order valence-corrected chi connectivity index (χ2v) is 8.10. The molecule has 28 heavy (non-hydrogen) atoms. The molecule has 0 aliphatic carbocycles. The smallest absolute Gasteiger partial charge is 0.170 e. The van der Waals surface area contributed by atoms with Crippen LogP contribution in [0, 0.1) is 0 Å². The van der Waals surface area contributed by atoms with Crippen LogP contribution in [0.15, 0.2) is 59.1 Å². The molecule has 144 valence electrons. The molecule has 0 radical (unpaired) electrons. The molecule has 1 aromatic carbocycles. The molecule has 4 rings (SSSR count). The van der Waals surface area contributed by atoms with Gasteiger partial charge in [0.15, 0.2) is 5.11 Å². The summed E-state index contributed by atoms with van der Waals surface area (Å²) in [5, 5.41) is 5.07. The minimum Gasteiger partial charge on any atom is -0.459 e. The molecule has 3 heterocycles. The van der Waals surface area contributed by atoms with Crippen molar-refractivity contribution in [1.29, 1.82) is 0 Å². The zero-order chi connectivity index (χ0) is 19.8. The predicted molar refractivity (Wildman–Crippen MR) is 117 cm³/mol. The van der Waals surface area contributed by atoms with Crippen molar-refractivity contribution in [2.24, 2.45) is 0 Å². The van der Waals surface area contributed by atoms with Crippen LogP contribution in [0.5, 0.6) is 0 Å². The Labute approximate surface area is 179 Å². The fraction of sp³-hybridized carbons (Fsp3) is 0.238. The molecule has 1 saturated heterocycles. The third kappa shape index (κ3) is 3.39. The van der Waals surface area contributed by atoms with E-state index in [1.807, 2.05) is 42.5 Å². The van der Waals surface area contributed by atoms with Crippen molar-refractivity contribution in [1.82, 2.24) is 15.2 Å². The second kappa shape index (κ2) is 7.74. The van der Waals surface area contributed by atoms with Crippen molar-refractivity contribution in [3.63, 3.8) is 0 Å². The maximum Gasteiger partial charge on any atom is 0.170 e. The van der Waals surface area contributed by atoms with Crippen LogP contribution in [0.25, 0.3) is 11.3 Å². The largest absolute Gasteiger partial charge is 0.459 e. The molecule has 0 bridgehead atoms. The van der Waals surface area contributed by atoms with Crippen molar-refractivity contribution in [3.05, 3.63) is 76.2 Å². The maximum absolute atomic E-state index is 6.38. The average Bonchev–Trinajstić information content (AvgIpc) is 3.29. The zero-order valence-corrected chi connectivity index (χ0v) is 17.7. The summed E-state index contributed by atoms with van der Waals surface area (Å²) < 4.78 is 6.26. The molecule has 4 nitrogen and oxygen atoms in total. The van der Waals surface area contributed by atoms with Gasteiger partial charge in [-0.15, -0.1) is 0 Å². The first kappa shape index (κ1) is 19.2. The van der Waals surface area contributed by atoms with E-state index in [1.165, 1.54) is 0 Å². The average molecular weight is 432 g/mol. The lowest BCUT2D eigenvalue weighted by Gasteiger charge is -2.29. The van der Waals surface area contributed by atoms with Crippen LogP contribution in [-0.2, 0) is 0 Å². The zero-order valence-electron chi connectivity index (χ0n) is 15.4. The SMILES string of the molecule is CC(C)N1C(=S)N[C@H](c2ccccn2)[C@@H]1c1ccc(-c2cccc(Cl)c2Cl)o1. The summed E-state index contributed by atoms with van der Waals surface area (Å²) in [6.07, 6.45) is 1.79. The van der Waals surface area contributed by atoms with Gasteiger partial charge in [0.05, 0.1) is 21.8 Å². The van der Waals surface area contributed by atoms with E-state index in [0.717, 1.165) is 17.0 Å². The Bertz CT molecular complexity index is 1010. The molecule has 0 amide bonds. The lowest BCUT2D eigenvalue weighted by molar-refractivity contribution is 0.237. The Hall–Kier alpha value is -2.08. The van der Waals surface area contributed by atoms with Crippen LogP contribution >= 0.6 is 35.4 Å². The van der Waals surface area contributed by atoms with Gasteiger partial charge < -0.3 is 14.6 Å². The van der Waals surface area contributed by atoms with Crippen LogP contribution in [0.3, 0.4) is 0 Å². The number of furan rings is 1. The molecule has 1 aliphatic heterocycles. The first-order valence-corrected chi connectivity index (χ1v) is 10.2. The summed E-state index contributed by atoms with van der Waals surface area (Å²) in [6.45, 7) is 4.22. The molecule has 7 heteroatoms. The van der Waals surface area contributed by atoms with Crippen LogP contribution < -0.4 is 5.32 Å². The number of nitrogens with one attached hydrogen (secondary N) is 1. The number of thiocarbonyl (C=S) groups is 1. The van der Waals surface area contributed by atoms with E-state index in [2.05, 4.69) is 29.0 Å². The van der Waals surface area contributed by atoms with Gasteiger partial charge in [0.2, 0.25) is 0 Å². The van der Waals surface area contributed by atoms with E-state index in [1.54, 1.807) is 12.3 Å². The molecule has 2 aromatic heterocycles. The minimum absolute atomic E-state index is 0.107. The molecule has 0 saturated carbocycles. The van der Waals surface area contributed by atoms with Crippen molar-refractivity contribution < 1.29 is 4.42 Å². The standard InChI is InChI=1S/C21H19Cl2N3OS/c1-12(2)26-20(19(25-21(26)28)15-8-3-4-11-24-15)17-10-9-16(27-17)13-6-5-7-14(22)18(13)23/h3-12,19-20H,1-2H3,(H,25,28)/t19-,20+/m1/s1. The number of nitrogens with zero attached hydrogens (tertiary/aromatic N) is 2. The summed E-state index contributed by atoms with van der Waals surface area (Å²) in [7, 11) is 0. The molecule has 3 aromatic rings. The van der Waals surface area contributed by atoms with Crippen molar-refractivity contribution >= 4 is 40.5 Å². The second-order valence-electron chi connectivity index (χ2n) is 6.93. The van der Waals surface area contributed by atoms with Crippen molar-refractivity contribution in [2.75, 3.05) is 0 Å². The lowest BCUT2D eigenvalue weighted by Crippen LogP contribution is -2.35. The Morgan fingerprint density at radius 2 is 1.93 bits per heavy atom. The summed E-state index contributed by atoms with van der Waals surface area (Å²) in [6, 6.07) is 15.2. The van der Waals surface area contributed by atoms with Gasteiger partial charge >= 0.3 is 0 Å². The number of rotatable bonds is 4. The fourth-order valence-corrected chi connectivity index (χ4v) is 4.42. The molecule has 1 N–H and O–H groups in total. The molecular formula is C21H19Cl2N3OS. The summed E-state index contributed by atoms with van der Waals surface area (Å²) in [4.78, 5) is 6.68. The maximum atomic E-state index is 6.38. The van der Waals surface area contributed by atoms with Crippen LogP contribution in [-0.4, -0.2) is 21.0 Å². The van der Waals surface area contributed by atoms with Crippen LogP contribution in [0.1, 0.15) is 37.4 Å². The molecule has 1 aliphatic rings. The summed E-state index contributed by atoms with van der Waals surface area (Å²) in [5.74, 6) is 1.46. The van der Waals surface area contributed by atoms with E-state index >= 15 is 0 Å². The Balaban J connectivity index is 1.77. The summed E-state index contributed by atoms with van der Waals surface area (Å²) >= 11 is 18.2. The highest BCUT2D eigenvalue weighted by Gasteiger charge is 2.42. The van der Waals surface area contributed by atoms with Gasteiger partial charge in [-0.1, -0.05) is 35.3 Å². The van der Waals surface area contributed by atoms with Gasteiger partial charge in [-0.2, -0.15) is 0 Å². The highest BCUT2D eigenvalue weighted by atomic mass is 35.5. The van der Waals surface area contributed by atoms with E-state index in [0.29, 0.717) is 20.9 Å². The first-order chi connectivity index (χ1) is 13.5. The number of hydrogen-bond acceptors (Lipinski definition) is 3. The van der Waals surface area contributed by atoms with Gasteiger partial charge in [0, 0.05) is 17.8 Å². The van der Waals surface area contributed by atoms with Crippen molar-refractivity contribution in [2.45, 2.75) is 32.0 Å². The van der Waals surface area contributed by atoms with Gasteiger partial charge in [0.25, 0.3) is 0 Å². The van der Waals surface area contributed by atoms with Gasteiger partial charge in [-0.05, 0) is 62.5 Å². The lowest BCUT2D eigenvalue weighted by atomic mass is 10.0. The monoisotopic (exact) mass is 431 g/mol. The molecule has 0 unspecified atom stereocenters. The third-order valence-corrected chi connectivity index (χ3v) is 5.97. The van der Waals surface area contributed by atoms with Crippen molar-refractivity contribution in [3.8, 4) is 11.3 Å². The number of aromatic nitrogens is 1. The highest BCUT2D eigenvalue weighted by Crippen LogP contribution is 2.42. The van der Waals surface area contributed by atoms with Crippen LogP contribution in [0.2, 0.25) is 10.0 Å². The quantitative estimate of drug-likeness (QED) is 0.510. The highest BCUT2D eigenvalue weighted by molar-refractivity contribution is 7.80. The Morgan fingerprint density at radius 1 is 1.11 bits per heavy atom. The molecular weight excluding hydrogens is 413 g/mol. The van der Waals surface area contributed by atoms with Gasteiger partial charge in [-0.3, -0.25) is 4.98 Å². The topological polar surface area (TPSA) is 41.3 Å².